The molecule has 0 saturated carbocycles. The fraction of sp³-hybridized carbons (Fsp3) is 0.560. The van der Waals surface area contributed by atoms with E-state index in [0.717, 1.165) is 48.6 Å². The van der Waals surface area contributed by atoms with Gasteiger partial charge < -0.3 is 24.7 Å². The van der Waals surface area contributed by atoms with E-state index in [2.05, 4.69) is 41.3 Å². The summed E-state index contributed by atoms with van der Waals surface area (Å²) in [4.78, 5) is 19.0. The highest BCUT2D eigenvalue weighted by molar-refractivity contribution is 5.94. The summed E-state index contributed by atoms with van der Waals surface area (Å²) >= 11 is 0. The van der Waals surface area contributed by atoms with Crippen LogP contribution in [-0.4, -0.2) is 48.6 Å². The van der Waals surface area contributed by atoms with Gasteiger partial charge in [0, 0.05) is 23.1 Å². The standard InChI is InChI=1S/C25H31N3O3/c1-12(2)26-24(29)20-13(3)15-11-16-17-10-14-6-7-18(30-5)22-19(14)25(16,8-9-28(17)4)23(31-22)21(15)27-20/h6-7,12,16-17,23,27H,8-11H2,1-5H3,(H,26,29)/t16-,17-,23-,25-/m0/s1. The number of aromatic amines is 1. The molecule has 164 valence electrons. The van der Waals surface area contributed by atoms with Gasteiger partial charge in [-0.2, -0.15) is 0 Å². The van der Waals surface area contributed by atoms with Gasteiger partial charge in [0.25, 0.3) is 5.91 Å². The van der Waals surface area contributed by atoms with Gasteiger partial charge >= 0.3 is 0 Å². The number of benzene rings is 1. The Morgan fingerprint density at radius 3 is 2.90 bits per heavy atom. The molecule has 0 unspecified atom stereocenters. The van der Waals surface area contributed by atoms with Gasteiger partial charge in [0.05, 0.1) is 12.8 Å². The number of amides is 1. The number of nitrogens with one attached hydrogen (secondary N) is 2. The number of rotatable bonds is 3. The summed E-state index contributed by atoms with van der Waals surface area (Å²) in [6.45, 7) is 7.13. The van der Waals surface area contributed by atoms with E-state index in [0.29, 0.717) is 17.7 Å². The van der Waals surface area contributed by atoms with Crippen LogP contribution in [-0.2, 0) is 18.3 Å². The van der Waals surface area contributed by atoms with Crippen molar-refractivity contribution in [3.8, 4) is 11.5 Å². The zero-order chi connectivity index (χ0) is 21.7. The van der Waals surface area contributed by atoms with E-state index in [1.807, 2.05) is 13.8 Å². The number of nitrogens with zero attached hydrogens (tertiary/aromatic N) is 1. The van der Waals surface area contributed by atoms with Gasteiger partial charge in [0.15, 0.2) is 11.5 Å². The van der Waals surface area contributed by atoms with Crippen molar-refractivity contribution >= 4 is 5.91 Å². The predicted molar refractivity (Wildman–Crippen MR) is 118 cm³/mol. The van der Waals surface area contributed by atoms with E-state index in [9.17, 15) is 4.79 Å². The second kappa shape index (κ2) is 6.28. The molecule has 1 fully saturated rings. The van der Waals surface area contributed by atoms with Crippen LogP contribution < -0.4 is 14.8 Å². The topological polar surface area (TPSA) is 66.6 Å². The average molecular weight is 422 g/mol. The van der Waals surface area contributed by atoms with Gasteiger partial charge in [-0.3, -0.25) is 4.79 Å². The Morgan fingerprint density at radius 2 is 2.16 bits per heavy atom. The second-order valence-electron chi connectivity index (χ2n) is 10.1. The number of carbonyl (C=O) groups is 1. The molecular weight excluding hydrogens is 390 g/mol. The molecule has 6 rings (SSSR count). The molecular formula is C25H31N3O3. The van der Waals surface area contributed by atoms with Crippen LogP contribution in [0, 0.1) is 12.8 Å². The van der Waals surface area contributed by atoms with Crippen LogP contribution in [0.15, 0.2) is 12.1 Å². The third kappa shape index (κ3) is 2.29. The number of fused-ring (bicyclic) bond motifs is 2. The minimum absolute atomic E-state index is 0.0313. The van der Waals surface area contributed by atoms with Crippen LogP contribution in [0.2, 0.25) is 0 Å². The lowest BCUT2D eigenvalue weighted by atomic mass is 9.51. The predicted octanol–water partition coefficient (Wildman–Crippen LogP) is 3.27. The number of hydrogen-bond acceptors (Lipinski definition) is 4. The van der Waals surface area contributed by atoms with E-state index in [1.165, 1.54) is 16.7 Å². The number of H-pyrrole nitrogens is 1. The molecule has 0 radical (unpaired) electrons. The molecule has 2 aromatic rings. The number of ether oxygens (including phenoxy) is 2. The first-order chi connectivity index (χ1) is 14.9. The lowest BCUT2D eigenvalue weighted by Gasteiger charge is -2.57. The van der Waals surface area contributed by atoms with E-state index < -0.39 is 0 Å². The molecule has 1 amide bonds. The molecule has 2 N–H and O–H groups in total. The van der Waals surface area contributed by atoms with Gasteiger partial charge in [-0.15, -0.1) is 0 Å². The normalized spacial score (nSPS) is 29.9. The molecule has 6 heteroatoms. The van der Waals surface area contributed by atoms with Crippen molar-refractivity contribution < 1.29 is 14.3 Å². The van der Waals surface area contributed by atoms with Crippen molar-refractivity contribution in [2.24, 2.45) is 5.92 Å². The minimum Gasteiger partial charge on any atom is -0.493 e. The third-order valence-corrected chi connectivity index (χ3v) is 8.34. The number of hydrogen-bond donors (Lipinski definition) is 2. The van der Waals surface area contributed by atoms with Gasteiger partial charge in [0.1, 0.15) is 11.8 Å². The molecule has 6 nitrogen and oxygen atoms in total. The smallest absolute Gasteiger partial charge is 0.268 e. The Kier molecular flexibility index (Phi) is 3.90. The van der Waals surface area contributed by atoms with Crippen molar-refractivity contribution in [1.29, 1.82) is 0 Å². The van der Waals surface area contributed by atoms with Crippen LogP contribution in [0.3, 0.4) is 0 Å². The molecule has 2 aliphatic carbocycles. The van der Waals surface area contributed by atoms with Crippen molar-refractivity contribution in [3.63, 3.8) is 0 Å². The first-order valence-electron chi connectivity index (χ1n) is 11.5. The third-order valence-electron chi connectivity index (χ3n) is 8.34. The van der Waals surface area contributed by atoms with Crippen LogP contribution in [0.4, 0.5) is 0 Å². The highest BCUT2D eigenvalue weighted by Crippen LogP contribution is 2.67. The number of likely N-dealkylation sites (N-methyl/N-ethyl adjacent to an activating group) is 1. The average Bonchev–Trinajstić information content (AvgIpc) is 3.24. The van der Waals surface area contributed by atoms with Gasteiger partial charge in [-0.25, -0.2) is 0 Å². The maximum atomic E-state index is 12.9. The van der Waals surface area contributed by atoms with Crippen molar-refractivity contribution in [2.45, 2.75) is 63.6 Å². The van der Waals surface area contributed by atoms with Crippen LogP contribution >= 0.6 is 0 Å². The summed E-state index contributed by atoms with van der Waals surface area (Å²) in [6.07, 6.45) is 3.00. The summed E-state index contributed by atoms with van der Waals surface area (Å²) in [5.41, 5.74) is 6.84. The number of piperidine rings is 1. The molecule has 31 heavy (non-hydrogen) atoms. The molecule has 1 aromatic heterocycles. The van der Waals surface area contributed by atoms with E-state index in [4.69, 9.17) is 9.47 Å². The molecule has 4 aliphatic rings. The lowest BCUT2D eigenvalue weighted by molar-refractivity contribution is -0.0256. The number of carbonyl (C=O) groups excluding carboxylic acids is 1. The van der Waals surface area contributed by atoms with Gasteiger partial charge in [-0.05, 0) is 82.3 Å². The Morgan fingerprint density at radius 1 is 1.35 bits per heavy atom. The van der Waals surface area contributed by atoms with E-state index >= 15 is 0 Å². The summed E-state index contributed by atoms with van der Waals surface area (Å²) in [5, 5.41) is 3.05. The highest BCUT2D eigenvalue weighted by atomic mass is 16.5. The summed E-state index contributed by atoms with van der Waals surface area (Å²) in [7, 11) is 3.98. The maximum Gasteiger partial charge on any atom is 0.268 e. The Labute approximate surface area is 183 Å². The van der Waals surface area contributed by atoms with Gasteiger partial charge in [0.2, 0.25) is 0 Å². The maximum absolute atomic E-state index is 12.9. The first-order valence-corrected chi connectivity index (χ1v) is 11.5. The summed E-state index contributed by atoms with van der Waals surface area (Å²) < 4.78 is 12.5. The molecule has 2 aliphatic heterocycles. The second-order valence-corrected chi connectivity index (χ2v) is 10.1. The van der Waals surface area contributed by atoms with Crippen molar-refractivity contribution in [2.75, 3.05) is 20.7 Å². The molecule has 4 atom stereocenters. The number of methoxy groups -OCH3 is 1. The van der Waals surface area contributed by atoms with E-state index in [-0.39, 0.29) is 23.5 Å². The Bertz CT molecular complexity index is 1100. The zero-order valence-electron chi connectivity index (χ0n) is 19.0. The minimum atomic E-state index is -0.0953. The highest BCUT2D eigenvalue weighted by Gasteiger charge is 2.65. The van der Waals surface area contributed by atoms with Crippen LogP contribution in [0.1, 0.15) is 64.8 Å². The monoisotopic (exact) mass is 421 g/mol. The largest absolute Gasteiger partial charge is 0.493 e. The van der Waals surface area contributed by atoms with Gasteiger partial charge in [-0.1, -0.05) is 6.07 Å². The van der Waals surface area contributed by atoms with Crippen molar-refractivity contribution in [1.82, 2.24) is 15.2 Å². The number of likely N-dealkylation sites (tertiary alicyclic amines) is 1. The van der Waals surface area contributed by atoms with Crippen LogP contribution in [0.25, 0.3) is 0 Å². The Balaban J connectivity index is 1.57. The van der Waals surface area contributed by atoms with E-state index in [1.54, 1.807) is 7.11 Å². The Hall–Kier alpha value is -2.47. The SMILES string of the molecule is COc1ccc2c3c1O[C@H]1c4[nH]c(C(=O)NC(C)C)c(C)c4C[C@H]4[C@H](C2)N(C)CC[C@]314. The van der Waals surface area contributed by atoms with Crippen molar-refractivity contribution in [3.05, 3.63) is 45.8 Å². The summed E-state index contributed by atoms with van der Waals surface area (Å²) in [5.74, 6) is 2.18. The molecule has 1 aromatic carbocycles. The fourth-order valence-corrected chi connectivity index (χ4v) is 7.00. The molecule has 1 spiro atoms. The zero-order valence-corrected chi connectivity index (χ0v) is 19.0. The summed E-state index contributed by atoms with van der Waals surface area (Å²) in [6, 6.07) is 4.88. The van der Waals surface area contributed by atoms with Crippen LogP contribution in [0.5, 0.6) is 11.5 Å². The number of aromatic nitrogens is 1. The fourth-order valence-electron chi connectivity index (χ4n) is 7.00. The lowest BCUT2D eigenvalue weighted by Crippen LogP contribution is -2.62. The first kappa shape index (κ1) is 19.2. The quantitative estimate of drug-likeness (QED) is 0.798. The molecule has 3 heterocycles. The molecule has 1 saturated heterocycles. The molecule has 2 bridgehead atoms.